The standard InChI is InChI=1S/C55H37N3O/c1-34-27-30-46(56-55(57-52(34)36-16-3-2-4-17-36)40-29-28-35-15-5-6-18-37(35)31-40)51-43-23-10-9-22-42(43)50-44-24-12-14-26-49(44)59-54(50)53(51)58-47-25-13-11-21-41(47)45-32-38-19-7-8-20-39(38)33-48(45)58/h2-26,28-34H,27H2,1H3/b46-30+,56-55?,57-52?. The third-order valence-corrected chi connectivity index (χ3v) is 12.2. The molecule has 3 heterocycles. The molecule has 1 unspecified atom stereocenters. The quantitative estimate of drug-likeness (QED) is 0.176. The maximum Gasteiger partial charge on any atom is 0.160 e. The van der Waals surface area contributed by atoms with E-state index in [1.807, 2.05) is 0 Å². The predicted octanol–water partition coefficient (Wildman–Crippen LogP) is 14.5. The van der Waals surface area contributed by atoms with Gasteiger partial charge in [0.25, 0.3) is 0 Å². The van der Waals surface area contributed by atoms with Crippen LogP contribution in [0.5, 0.6) is 0 Å². The lowest BCUT2D eigenvalue weighted by Crippen LogP contribution is -2.17. The third-order valence-electron chi connectivity index (χ3n) is 12.2. The van der Waals surface area contributed by atoms with Crippen molar-refractivity contribution in [1.82, 2.24) is 4.57 Å². The molecule has 4 heteroatoms. The molecule has 9 aromatic carbocycles. The SMILES string of the molecule is CC1C/C=C(\c2c(-n3c4ccccc4c4cc5ccccc5cc43)c3oc4ccccc4c3c3ccccc23)N=C(c2ccc3ccccc3c2)N=C1c1ccccc1. The molecule has 0 amide bonds. The molecule has 0 saturated heterocycles. The number of aliphatic imine (C=N–C) groups is 2. The van der Waals surface area contributed by atoms with E-state index in [2.05, 4.69) is 200 Å². The number of fused-ring (bicyclic) bond motifs is 10. The first-order chi connectivity index (χ1) is 29.2. The van der Waals surface area contributed by atoms with Crippen LogP contribution in [0.3, 0.4) is 0 Å². The molecule has 0 bridgehead atoms. The Balaban J connectivity index is 1.25. The Kier molecular flexibility index (Phi) is 7.54. The van der Waals surface area contributed by atoms with Gasteiger partial charge < -0.3 is 8.98 Å². The van der Waals surface area contributed by atoms with E-state index in [1.54, 1.807) is 0 Å². The molecule has 1 atom stereocenters. The molecule has 1 aliphatic heterocycles. The van der Waals surface area contributed by atoms with E-state index in [1.165, 1.54) is 26.9 Å². The molecular weight excluding hydrogens is 719 g/mol. The fourth-order valence-electron chi connectivity index (χ4n) is 9.39. The zero-order valence-corrected chi connectivity index (χ0v) is 32.4. The zero-order chi connectivity index (χ0) is 39.0. The summed E-state index contributed by atoms with van der Waals surface area (Å²) in [5, 5.41) is 11.6. The number of hydrogen-bond acceptors (Lipinski definition) is 3. The summed E-state index contributed by atoms with van der Waals surface area (Å²) >= 11 is 0. The fourth-order valence-corrected chi connectivity index (χ4v) is 9.39. The van der Waals surface area contributed by atoms with Crippen LogP contribution in [0.2, 0.25) is 0 Å². The number of amidine groups is 1. The molecule has 12 rings (SSSR count). The fraction of sp³-hybridized carbons (Fsp3) is 0.0545. The molecule has 0 spiro atoms. The van der Waals surface area contributed by atoms with Gasteiger partial charge in [0.15, 0.2) is 11.4 Å². The van der Waals surface area contributed by atoms with Crippen molar-refractivity contribution in [3.8, 4) is 5.69 Å². The van der Waals surface area contributed by atoms with Crippen LogP contribution >= 0.6 is 0 Å². The van der Waals surface area contributed by atoms with E-state index in [0.29, 0.717) is 5.84 Å². The van der Waals surface area contributed by atoms with Gasteiger partial charge in [-0.15, -0.1) is 0 Å². The normalized spacial score (nSPS) is 15.8. The number of benzene rings is 9. The van der Waals surface area contributed by atoms with Gasteiger partial charge in [0.2, 0.25) is 0 Å². The number of furan rings is 1. The summed E-state index contributed by atoms with van der Waals surface area (Å²) in [5.41, 5.74) is 9.89. The zero-order valence-electron chi connectivity index (χ0n) is 32.4. The molecule has 4 nitrogen and oxygen atoms in total. The van der Waals surface area contributed by atoms with Crippen molar-refractivity contribution in [1.29, 1.82) is 0 Å². The monoisotopic (exact) mass is 755 g/mol. The molecule has 0 saturated carbocycles. The van der Waals surface area contributed by atoms with Gasteiger partial charge >= 0.3 is 0 Å². The number of hydrogen-bond donors (Lipinski definition) is 0. The van der Waals surface area contributed by atoms with E-state index in [4.69, 9.17) is 14.4 Å². The van der Waals surface area contributed by atoms with E-state index < -0.39 is 0 Å². The Morgan fingerprint density at radius 1 is 0.508 bits per heavy atom. The molecule has 0 radical (unpaired) electrons. The van der Waals surface area contributed by atoms with Crippen molar-refractivity contribution in [2.75, 3.05) is 0 Å². The Bertz CT molecular complexity index is 3600. The largest absolute Gasteiger partial charge is 0.454 e. The molecule has 0 aliphatic carbocycles. The molecule has 11 aromatic rings. The average Bonchev–Trinajstić information content (AvgIpc) is 3.83. The second-order valence-electron chi connectivity index (χ2n) is 15.7. The van der Waals surface area contributed by atoms with Crippen molar-refractivity contribution >= 4 is 93.3 Å². The molecule has 59 heavy (non-hydrogen) atoms. The van der Waals surface area contributed by atoms with E-state index in [-0.39, 0.29) is 5.92 Å². The lowest BCUT2D eigenvalue weighted by molar-refractivity contribution is 0.666. The summed E-state index contributed by atoms with van der Waals surface area (Å²) in [5.74, 6) is 0.794. The molecular formula is C55H37N3O. The average molecular weight is 756 g/mol. The highest BCUT2D eigenvalue weighted by Crippen LogP contribution is 2.47. The van der Waals surface area contributed by atoms with Crippen LogP contribution in [-0.2, 0) is 0 Å². The number of para-hydroxylation sites is 2. The van der Waals surface area contributed by atoms with Crippen LogP contribution in [0.1, 0.15) is 30.0 Å². The van der Waals surface area contributed by atoms with Crippen molar-refractivity contribution < 1.29 is 4.42 Å². The van der Waals surface area contributed by atoms with Crippen molar-refractivity contribution in [2.24, 2.45) is 15.9 Å². The second kappa shape index (κ2) is 13.3. The van der Waals surface area contributed by atoms with Gasteiger partial charge in [-0.25, -0.2) is 9.98 Å². The second-order valence-corrected chi connectivity index (χ2v) is 15.7. The maximum absolute atomic E-state index is 7.12. The summed E-state index contributed by atoms with van der Waals surface area (Å²) in [7, 11) is 0. The molecule has 0 fully saturated rings. The van der Waals surface area contributed by atoms with Crippen molar-refractivity contribution in [2.45, 2.75) is 13.3 Å². The minimum atomic E-state index is 0.114. The highest BCUT2D eigenvalue weighted by Gasteiger charge is 2.28. The summed E-state index contributed by atoms with van der Waals surface area (Å²) in [6.07, 6.45) is 3.09. The Morgan fingerprint density at radius 3 is 1.97 bits per heavy atom. The highest BCUT2D eigenvalue weighted by atomic mass is 16.3. The Hall–Kier alpha value is -7.56. The number of rotatable bonds is 4. The first-order valence-electron chi connectivity index (χ1n) is 20.4. The Labute approximate surface area is 340 Å². The molecule has 278 valence electrons. The van der Waals surface area contributed by atoms with Crippen molar-refractivity contribution in [3.63, 3.8) is 0 Å². The number of allylic oxidation sites excluding steroid dienone is 1. The van der Waals surface area contributed by atoms with Gasteiger partial charge in [-0.3, -0.25) is 0 Å². The van der Waals surface area contributed by atoms with E-state index >= 15 is 0 Å². The Morgan fingerprint density at radius 2 is 1.15 bits per heavy atom. The van der Waals surface area contributed by atoms with Crippen molar-refractivity contribution in [3.05, 3.63) is 205 Å². The predicted molar refractivity (Wildman–Crippen MR) is 248 cm³/mol. The van der Waals surface area contributed by atoms with E-state index in [9.17, 15) is 0 Å². The summed E-state index contributed by atoms with van der Waals surface area (Å²) in [6.45, 7) is 2.28. The van der Waals surface area contributed by atoms with Crippen LogP contribution in [-0.4, -0.2) is 16.1 Å². The van der Waals surface area contributed by atoms with Gasteiger partial charge in [-0.2, -0.15) is 0 Å². The number of nitrogens with zero attached hydrogens (tertiary/aromatic N) is 3. The van der Waals surface area contributed by atoms with Gasteiger partial charge in [-0.05, 0) is 74.6 Å². The third kappa shape index (κ3) is 5.30. The van der Waals surface area contributed by atoms with Crippen LogP contribution < -0.4 is 0 Å². The first kappa shape index (κ1) is 33.6. The summed E-state index contributed by atoms with van der Waals surface area (Å²) in [6, 6.07) is 64.9. The van der Waals surface area contributed by atoms with Gasteiger partial charge in [0, 0.05) is 38.6 Å². The van der Waals surface area contributed by atoms with Crippen LogP contribution in [0.15, 0.2) is 202 Å². The molecule has 0 N–H and O–H groups in total. The molecule has 2 aromatic heterocycles. The minimum absolute atomic E-state index is 0.114. The topological polar surface area (TPSA) is 42.8 Å². The van der Waals surface area contributed by atoms with Crippen LogP contribution in [0.4, 0.5) is 0 Å². The summed E-state index contributed by atoms with van der Waals surface area (Å²) < 4.78 is 9.56. The van der Waals surface area contributed by atoms with Gasteiger partial charge in [0.05, 0.1) is 28.1 Å². The maximum atomic E-state index is 7.12. The van der Waals surface area contributed by atoms with Crippen LogP contribution in [0.25, 0.3) is 87.4 Å². The number of aromatic nitrogens is 1. The highest BCUT2D eigenvalue weighted by molar-refractivity contribution is 6.26. The molecule has 1 aliphatic rings. The lowest BCUT2D eigenvalue weighted by Gasteiger charge is -2.22. The smallest absolute Gasteiger partial charge is 0.160 e. The van der Waals surface area contributed by atoms with E-state index in [0.717, 1.165) is 89.3 Å². The van der Waals surface area contributed by atoms with Gasteiger partial charge in [-0.1, -0.05) is 165 Å². The first-order valence-corrected chi connectivity index (χ1v) is 20.4. The summed E-state index contributed by atoms with van der Waals surface area (Å²) in [4.78, 5) is 11.3. The van der Waals surface area contributed by atoms with Gasteiger partial charge in [0.1, 0.15) is 5.58 Å². The van der Waals surface area contributed by atoms with Crippen LogP contribution in [0, 0.1) is 5.92 Å². The minimum Gasteiger partial charge on any atom is -0.454 e. The lowest BCUT2D eigenvalue weighted by atomic mass is 9.91.